The van der Waals surface area contributed by atoms with E-state index in [2.05, 4.69) is 39.1 Å². The lowest BCUT2D eigenvalue weighted by atomic mass is 10.2. The lowest BCUT2D eigenvalue weighted by molar-refractivity contribution is 0.550. The van der Waals surface area contributed by atoms with E-state index >= 15 is 0 Å². The predicted molar refractivity (Wildman–Crippen MR) is 88.2 cm³/mol. The van der Waals surface area contributed by atoms with Crippen molar-refractivity contribution in [2.24, 2.45) is 11.8 Å². The van der Waals surface area contributed by atoms with Crippen LogP contribution in [0, 0.1) is 11.8 Å². The molecule has 1 aromatic carbocycles. The van der Waals surface area contributed by atoms with Gasteiger partial charge in [-0.15, -0.1) is 11.8 Å². The van der Waals surface area contributed by atoms with Gasteiger partial charge in [-0.2, -0.15) is 0 Å². The maximum Gasteiger partial charge on any atom is 0.0462 e. The first-order chi connectivity index (χ1) is 9.04. The van der Waals surface area contributed by atoms with E-state index in [0.29, 0.717) is 5.92 Å². The Labute approximate surface area is 127 Å². The van der Waals surface area contributed by atoms with Gasteiger partial charge in [0.1, 0.15) is 0 Å². The number of rotatable bonds is 8. The van der Waals surface area contributed by atoms with E-state index in [0.717, 1.165) is 29.8 Å². The predicted octanol–water partition coefficient (Wildman–Crippen LogP) is 5.22. The van der Waals surface area contributed by atoms with Gasteiger partial charge in [-0.25, -0.2) is 0 Å². The average molecular weight is 300 g/mol. The van der Waals surface area contributed by atoms with Crippen LogP contribution in [0.15, 0.2) is 23.1 Å². The number of halogens is 1. The van der Waals surface area contributed by atoms with Gasteiger partial charge in [0.25, 0.3) is 0 Å². The van der Waals surface area contributed by atoms with Crippen molar-refractivity contribution in [1.29, 1.82) is 0 Å². The van der Waals surface area contributed by atoms with Crippen LogP contribution in [-0.4, -0.2) is 12.3 Å². The minimum atomic E-state index is 0.665. The van der Waals surface area contributed by atoms with Crippen LogP contribution in [0.5, 0.6) is 0 Å². The van der Waals surface area contributed by atoms with Crippen LogP contribution in [0.1, 0.15) is 39.7 Å². The molecule has 0 fully saturated rings. The summed E-state index contributed by atoms with van der Waals surface area (Å²) in [6.45, 7) is 10.9. The van der Waals surface area contributed by atoms with E-state index in [9.17, 15) is 0 Å². The molecular formula is C16H26ClNS. The van der Waals surface area contributed by atoms with E-state index in [1.807, 2.05) is 23.9 Å². The average Bonchev–Trinajstić information content (AvgIpc) is 2.38. The first kappa shape index (κ1) is 16.9. The highest BCUT2D eigenvalue weighted by molar-refractivity contribution is 7.99. The molecule has 1 aromatic rings. The van der Waals surface area contributed by atoms with Crippen LogP contribution in [0.2, 0.25) is 5.02 Å². The molecule has 0 amide bonds. The van der Waals surface area contributed by atoms with Gasteiger partial charge >= 0.3 is 0 Å². The fraction of sp³-hybridized carbons (Fsp3) is 0.625. The summed E-state index contributed by atoms with van der Waals surface area (Å²) < 4.78 is 0. The van der Waals surface area contributed by atoms with Crippen LogP contribution in [0.25, 0.3) is 0 Å². The van der Waals surface area contributed by atoms with Gasteiger partial charge in [0.2, 0.25) is 0 Å². The molecule has 1 rings (SSSR count). The highest BCUT2D eigenvalue weighted by atomic mass is 35.5. The summed E-state index contributed by atoms with van der Waals surface area (Å²) in [5.74, 6) is 2.58. The van der Waals surface area contributed by atoms with E-state index < -0.39 is 0 Å². The summed E-state index contributed by atoms with van der Waals surface area (Å²) in [5.41, 5.74) is 1.25. The largest absolute Gasteiger partial charge is 0.312 e. The summed E-state index contributed by atoms with van der Waals surface area (Å²) in [5, 5.41) is 4.37. The van der Waals surface area contributed by atoms with Crippen LogP contribution < -0.4 is 5.32 Å². The Balaban J connectivity index is 2.66. The highest BCUT2D eigenvalue weighted by Crippen LogP contribution is 2.30. The van der Waals surface area contributed by atoms with Crippen molar-refractivity contribution in [2.45, 2.75) is 45.6 Å². The zero-order valence-electron chi connectivity index (χ0n) is 12.5. The van der Waals surface area contributed by atoms with Gasteiger partial charge in [0.05, 0.1) is 0 Å². The van der Waals surface area contributed by atoms with Gasteiger partial charge in [0.15, 0.2) is 0 Å². The molecule has 1 unspecified atom stereocenters. The Morgan fingerprint density at radius 3 is 2.63 bits per heavy atom. The van der Waals surface area contributed by atoms with Crippen molar-refractivity contribution in [1.82, 2.24) is 5.32 Å². The molecule has 0 aliphatic heterocycles. The first-order valence-electron chi connectivity index (χ1n) is 7.15. The van der Waals surface area contributed by atoms with Crippen LogP contribution in [-0.2, 0) is 6.54 Å². The summed E-state index contributed by atoms with van der Waals surface area (Å²) in [7, 11) is 0. The second kappa shape index (κ2) is 8.89. The first-order valence-corrected chi connectivity index (χ1v) is 8.51. The minimum Gasteiger partial charge on any atom is -0.312 e. The fourth-order valence-electron chi connectivity index (χ4n) is 1.68. The van der Waals surface area contributed by atoms with Crippen molar-refractivity contribution in [2.75, 3.05) is 12.3 Å². The van der Waals surface area contributed by atoms with Gasteiger partial charge in [-0.3, -0.25) is 0 Å². The normalized spacial score (nSPS) is 12.9. The molecule has 3 heteroatoms. The highest BCUT2D eigenvalue weighted by Gasteiger charge is 2.09. The molecule has 0 saturated heterocycles. The molecule has 108 valence electrons. The topological polar surface area (TPSA) is 12.0 Å². The third kappa shape index (κ3) is 6.20. The maximum absolute atomic E-state index is 6.34. The molecule has 0 bridgehead atoms. The standard InChI is InChI=1S/C16H26ClNS/c1-5-13(4)11-19-16-8-6-7-15(17)14(16)10-18-9-12(2)3/h6-8,12-13,18H,5,9-11H2,1-4H3. The summed E-state index contributed by atoms with van der Waals surface area (Å²) in [6.07, 6.45) is 1.23. The maximum atomic E-state index is 6.34. The molecule has 0 aliphatic carbocycles. The number of nitrogens with one attached hydrogen (secondary N) is 1. The Hall–Kier alpha value is -0.180. The summed E-state index contributed by atoms with van der Waals surface area (Å²) in [4.78, 5) is 1.32. The Kier molecular flexibility index (Phi) is 7.89. The van der Waals surface area contributed by atoms with Crippen molar-refractivity contribution in [3.63, 3.8) is 0 Å². The summed E-state index contributed by atoms with van der Waals surface area (Å²) >= 11 is 8.27. The van der Waals surface area contributed by atoms with Crippen molar-refractivity contribution in [3.05, 3.63) is 28.8 Å². The molecule has 0 heterocycles. The Morgan fingerprint density at radius 1 is 1.26 bits per heavy atom. The Morgan fingerprint density at radius 2 is 2.00 bits per heavy atom. The number of hydrogen-bond donors (Lipinski definition) is 1. The van der Waals surface area contributed by atoms with Gasteiger partial charge in [-0.05, 0) is 36.1 Å². The van der Waals surface area contributed by atoms with Gasteiger partial charge < -0.3 is 5.32 Å². The molecule has 0 spiro atoms. The van der Waals surface area contributed by atoms with E-state index in [1.165, 1.54) is 16.9 Å². The fourth-order valence-corrected chi connectivity index (χ4v) is 3.21. The quantitative estimate of drug-likeness (QED) is 0.660. The zero-order valence-corrected chi connectivity index (χ0v) is 14.1. The molecule has 1 nitrogen and oxygen atoms in total. The third-order valence-corrected chi connectivity index (χ3v) is 4.93. The van der Waals surface area contributed by atoms with Crippen molar-refractivity contribution >= 4 is 23.4 Å². The Bertz CT molecular complexity index is 379. The molecule has 0 aliphatic rings. The number of thioether (sulfide) groups is 1. The van der Waals surface area contributed by atoms with E-state index in [1.54, 1.807) is 0 Å². The molecule has 0 radical (unpaired) electrons. The molecular weight excluding hydrogens is 274 g/mol. The molecule has 1 atom stereocenters. The molecule has 0 aromatic heterocycles. The number of benzene rings is 1. The summed E-state index contributed by atoms with van der Waals surface area (Å²) in [6, 6.07) is 6.22. The molecule has 1 N–H and O–H groups in total. The van der Waals surface area contributed by atoms with Crippen molar-refractivity contribution in [3.8, 4) is 0 Å². The second-order valence-electron chi connectivity index (χ2n) is 5.57. The SMILES string of the molecule is CCC(C)CSc1cccc(Cl)c1CNCC(C)C. The molecule has 19 heavy (non-hydrogen) atoms. The molecule has 0 saturated carbocycles. The monoisotopic (exact) mass is 299 g/mol. The van der Waals surface area contributed by atoms with Crippen LogP contribution in [0.3, 0.4) is 0 Å². The zero-order chi connectivity index (χ0) is 14.3. The lowest BCUT2D eigenvalue weighted by Crippen LogP contribution is -2.19. The second-order valence-corrected chi connectivity index (χ2v) is 7.03. The number of hydrogen-bond acceptors (Lipinski definition) is 2. The van der Waals surface area contributed by atoms with E-state index in [-0.39, 0.29) is 0 Å². The van der Waals surface area contributed by atoms with E-state index in [4.69, 9.17) is 11.6 Å². The van der Waals surface area contributed by atoms with Gasteiger partial charge in [-0.1, -0.05) is 51.8 Å². The minimum absolute atomic E-state index is 0.665. The van der Waals surface area contributed by atoms with Crippen molar-refractivity contribution < 1.29 is 0 Å². The van der Waals surface area contributed by atoms with Gasteiger partial charge in [0, 0.05) is 22.2 Å². The smallest absolute Gasteiger partial charge is 0.0462 e. The third-order valence-electron chi connectivity index (χ3n) is 3.15. The van der Waals surface area contributed by atoms with Crippen LogP contribution >= 0.6 is 23.4 Å². The lowest BCUT2D eigenvalue weighted by Gasteiger charge is -2.14. The van der Waals surface area contributed by atoms with Crippen LogP contribution in [0.4, 0.5) is 0 Å².